The van der Waals surface area contributed by atoms with E-state index in [1.807, 2.05) is 30.5 Å². The molecule has 1 aromatic rings. The maximum Gasteiger partial charge on any atom is 0.238 e. The Kier molecular flexibility index (Phi) is 5.48. The second kappa shape index (κ2) is 6.94. The molecule has 16 heavy (non-hydrogen) atoms. The van der Waals surface area contributed by atoms with Gasteiger partial charge in [-0.25, -0.2) is 0 Å². The summed E-state index contributed by atoms with van der Waals surface area (Å²) >= 11 is 1.60. The first-order valence-electron chi connectivity index (χ1n) is 4.85. The lowest BCUT2D eigenvalue weighted by Gasteiger charge is -2.08. The van der Waals surface area contributed by atoms with Crippen molar-refractivity contribution in [2.24, 2.45) is 0 Å². The Bertz CT molecular complexity index is 398. The SMILES string of the molecule is C#CCNCC(=O)Nc1ccccc1SC. The molecule has 0 radical (unpaired) electrons. The van der Waals surface area contributed by atoms with E-state index in [-0.39, 0.29) is 12.5 Å². The topological polar surface area (TPSA) is 41.1 Å². The third kappa shape index (κ3) is 3.97. The third-order valence-electron chi connectivity index (χ3n) is 1.89. The standard InChI is InChI=1S/C12H14N2OS/c1-3-8-13-9-12(15)14-10-6-4-5-7-11(10)16-2/h1,4-7,13H,8-9H2,2H3,(H,14,15). The van der Waals surface area contributed by atoms with Crippen LogP contribution in [-0.2, 0) is 4.79 Å². The molecule has 0 atom stereocenters. The first-order chi connectivity index (χ1) is 7.77. The fourth-order valence-electron chi connectivity index (χ4n) is 1.19. The molecule has 0 fully saturated rings. The van der Waals surface area contributed by atoms with E-state index in [9.17, 15) is 4.79 Å². The van der Waals surface area contributed by atoms with Gasteiger partial charge in [0, 0.05) is 4.90 Å². The highest BCUT2D eigenvalue weighted by Gasteiger charge is 2.04. The van der Waals surface area contributed by atoms with Crippen molar-refractivity contribution in [3.05, 3.63) is 24.3 Å². The van der Waals surface area contributed by atoms with E-state index in [0.29, 0.717) is 6.54 Å². The molecule has 0 unspecified atom stereocenters. The van der Waals surface area contributed by atoms with Crippen molar-refractivity contribution < 1.29 is 4.79 Å². The van der Waals surface area contributed by atoms with E-state index < -0.39 is 0 Å². The van der Waals surface area contributed by atoms with Gasteiger partial charge in [0.1, 0.15) is 0 Å². The summed E-state index contributed by atoms with van der Waals surface area (Å²) in [5.74, 6) is 2.33. The number of rotatable bonds is 5. The van der Waals surface area contributed by atoms with Crippen molar-refractivity contribution in [3.8, 4) is 12.3 Å². The number of para-hydroxylation sites is 1. The van der Waals surface area contributed by atoms with E-state index in [0.717, 1.165) is 10.6 Å². The molecular formula is C12H14N2OS. The summed E-state index contributed by atoms with van der Waals surface area (Å²) in [5, 5.41) is 5.67. The molecule has 0 aromatic heterocycles. The van der Waals surface area contributed by atoms with Crippen LogP contribution >= 0.6 is 11.8 Å². The van der Waals surface area contributed by atoms with Crippen LogP contribution in [0.1, 0.15) is 0 Å². The normalized spacial score (nSPS) is 9.50. The van der Waals surface area contributed by atoms with Gasteiger partial charge in [0.2, 0.25) is 5.91 Å². The summed E-state index contributed by atoms with van der Waals surface area (Å²) < 4.78 is 0. The highest BCUT2D eigenvalue weighted by atomic mass is 32.2. The lowest BCUT2D eigenvalue weighted by molar-refractivity contribution is -0.115. The van der Waals surface area contributed by atoms with E-state index in [4.69, 9.17) is 6.42 Å². The number of benzene rings is 1. The largest absolute Gasteiger partial charge is 0.324 e. The molecule has 0 saturated heterocycles. The van der Waals surface area contributed by atoms with Gasteiger partial charge in [-0.2, -0.15) is 0 Å². The zero-order chi connectivity index (χ0) is 11.8. The number of hydrogen-bond donors (Lipinski definition) is 2. The molecule has 1 aromatic carbocycles. The van der Waals surface area contributed by atoms with Crippen molar-refractivity contribution in [1.82, 2.24) is 5.32 Å². The summed E-state index contributed by atoms with van der Waals surface area (Å²) in [7, 11) is 0. The van der Waals surface area contributed by atoms with Gasteiger partial charge in [-0.15, -0.1) is 18.2 Å². The maximum absolute atomic E-state index is 11.5. The minimum absolute atomic E-state index is 0.0863. The van der Waals surface area contributed by atoms with E-state index in [1.54, 1.807) is 11.8 Å². The Labute approximate surface area is 100 Å². The summed E-state index contributed by atoms with van der Waals surface area (Å²) in [6.07, 6.45) is 7.04. The number of thioether (sulfide) groups is 1. The molecule has 1 rings (SSSR count). The zero-order valence-corrected chi connectivity index (χ0v) is 9.93. The lowest BCUT2D eigenvalue weighted by Crippen LogP contribution is -2.28. The first-order valence-corrected chi connectivity index (χ1v) is 6.07. The Hall–Kier alpha value is -1.44. The quantitative estimate of drug-likeness (QED) is 0.461. The van der Waals surface area contributed by atoms with Crippen LogP contribution in [0.4, 0.5) is 5.69 Å². The van der Waals surface area contributed by atoms with Crippen LogP contribution in [0.5, 0.6) is 0 Å². The molecule has 84 valence electrons. The van der Waals surface area contributed by atoms with Gasteiger partial charge in [-0.05, 0) is 18.4 Å². The summed E-state index contributed by atoms with van der Waals surface area (Å²) in [6, 6.07) is 7.68. The van der Waals surface area contributed by atoms with Crippen LogP contribution < -0.4 is 10.6 Å². The van der Waals surface area contributed by atoms with Crippen LogP contribution in [0.3, 0.4) is 0 Å². The fraction of sp³-hybridized carbons (Fsp3) is 0.250. The number of terminal acetylenes is 1. The lowest BCUT2D eigenvalue weighted by atomic mass is 10.3. The van der Waals surface area contributed by atoms with Gasteiger partial charge in [0.25, 0.3) is 0 Å². The van der Waals surface area contributed by atoms with Crippen LogP contribution in [0, 0.1) is 12.3 Å². The molecule has 3 nitrogen and oxygen atoms in total. The average Bonchev–Trinajstić information content (AvgIpc) is 2.30. The molecule has 1 amide bonds. The smallest absolute Gasteiger partial charge is 0.238 e. The minimum atomic E-state index is -0.0863. The maximum atomic E-state index is 11.5. The number of hydrogen-bond acceptors (Lipinski definition) is 3. The van der Waals surface area contributed by atoms with Crippen molar-refractivity contribution in [2.75, 3.05) is 24.7 Å². The van der Waals surface area contributed by atoms with Crippen LogP contribution in [0.15, 0.2) is 29.2 Å². The Balaban J connectivity index is 2.53. The van der Waals surface area contributed by atoms with Gasteiger partial charge in [-0.1, -0.05) is 18.1 Å². The van der Waals surface area contributed by atoms with Gasteiger partial charge < -0.3 is 5.32 Å². The highest BCUT2D eigenvalue weighted by Crippen LogP contribution is 2.24. The summed E-state index contributed by atoms with van der Waals surface area (Å²) in [6.45, 7) is 0.629. The number of nitrogens with one attached hydrogen (secondary N) is 2. The molecule has 0 aliphatic rings. The predicted molar refractivity (Wildman–Crippen MR) is 68.6 cm³/mol. The Morgan fingerprint density at radius 3 is 2.94 bits per heavy atom. The van der Waals surface area contributed by atoms with Gasteiger partial charge >= 0.3 is 0 Å². The fourth-order valence-corrected chi connectivity index (χ4v) is 1.74. The molecular weight excluding hydrogens is 220 g/mol. The second-order valence-electron chi connectivity index (χ2n) is 3.06. The molecule has 4 heteroatoms. The number of carbonyl (C=O) groups is 1. The van der Waals surface area contributed by atoms with Crippen molar-refractivity contribution in [2.45, 2.75) is 4.90 Å². The molecule has 0 aliphatic heterocycles. The van der Waals surface area contributed by atoms with Crippen LogP contribution in [0.2, 0.25) is 0 Å². The van der Waals surface area contributed by atoms with Gasteiger partial charge in [-0.3, -0.25) is 10.1 Å². The van der Waals surface area contributed by atoms with Crippen LogP contribution in [-0.4, -0.2) is 25.3 Å². The third-order valence-corrected chi connectivity index (χ3v) is 2.69. The van der Waals surface area contributed by atoms with E-state index in [2.05, 4.69) is 16.6 Å². The monoisotopic (exact) mass is 234 g/mol. The molecule has 0 heterocycles. The molecule has 0 aliphatic carbocycles. The molecule has 0 bridgehead atoms. The highest BCUT2D eigenvalue weighted by molar-refractivity contribution is 7.98. The average molecular weight is 234 g/mol. The number of carbonyl (C=O) groups excluding carboxylic acids is 1. The molecule has 2 N–H and O–H groups in total. The Morgan fingerprint density at radius 2 is 2.25 bits per heavy atom. The summed E-state index contributed by atoms with van der Waals surface area (Å²) in [5.41, 5.74) is 0.836. The molecule has 0 spiro atoms. The van der Waals surface area contributed by atoms with Gasteiger partial charge in [0.05, 0.1) is 18.8 Å². The second-order valence-corrected chi connectivity index (χ2v) is 3.90. The van der Waals surface area contributed by atoms with Crippen LogP contribution in [0.25, 0.3) is 0 Å². The van der Waals surface area contributed by atoms with Gasteiger partial charge in [0.15, 0.2) is 0 Å². The number of amides is 1. The van der Waals surface area contributed by atoms with Crippen molar-refractivity contribution in [1.29, 1.82) is 0 Å². The number of anilines is 1. The van der Waals surface area contributed by atoms with E-state index in [1.165, 1.54) is 0 Å². The minimum Gasteiger partial charge on any atom is -0.324 e. The summed E-state index contributed by atoms with van der Waals surface area (Å²) in [4.78, 5) is 12.6. The predicted octanol–water partition coefficient (Wildman–Crippen LogP) is 1.57. The molecule has 0 saturated carbocycles. The zero-order valence-electron chi connectivity index (χ0n) is 9.12. The van der Waals surface area contributed by atoms with Crippen molar-refractivity contribution in [3.63, 3.8) is 0 Å². The first kappa shape index (κ1) is 12.6. The van der Waals surface area contributed by atoms with E-state index >= 15 is 0 Å². The van der Waals surface area contributed by atoms with Crippen molar-refractivity contribution >= 4 is 23.4 Å². The Morgan fingerprint density at radius 1 is 1.50 bits per heavy atom.